The standard InChI is InChI=1S/C24H36/c1-15-11-19(23(5,6)7)13-21(17(15)3)22-14-20(24(8,9)10)12-16(2)18(22)4/h11,13-14,20H,12H2,1-10H3/t20-/m1/s1. The minimum absolute atomic E-state index is 0.179. The van der Waals surface area contributed by atoms with Gasteiger partial charge in [-0.3, -0.25) is 0 Å². The zero-order valence-corrected chi connectivity index (χ0v) is 17.5. The van der Waals surface area contributed by atoms with Gasteiger partial charge in [-0.2, -0.15) is 0 Å². The molecule has 0 heteroatoms. The van der Waals surface area contributed by atoms with Crippen LogP contribution in [0.25, 0.3) is 5.57 Å². The molecule has 0 aromatic heterocycles. The van der Waals surface area contributed by atoms with Crippen LogP contribution in [0, 0.1) is 25.2 Å². The van der Waals surface area contributed by atoms with Crippen molar-refractivity contribution in [2.24, 2.45) is 11.3 Å². The topological polar surface area (TPSA) is 0 Å². The van der Waals surface area contributed by atoms with E-state index in [9.17, 15) is 0 Å². The van der Waals surface area contributed by atoms with Crippen LogP contribution in [0.2, 0.25) is 0 Å². The maximum Gasteiger partial charge on any atom is -0.0132 e. The van der Waals surface area contributed by atoms with E-state index in [4.69, 9.17) is 0 Å². The predicted molar refractivity (Wildman–Crippen MR) is 109 cm³/mol. The van der Waals surface area contributed by atoms with Gasteiger partial charge in [0.25, 0.3) is 0 Å². The molecule has 0 heterocycles. The summed E-state index contributed by atoms with van der Waals surface area (Å²) in [6, 6.07) is 4.81. The summed E-state index contributed by atoms with van der Waals surface area (Å²) in [5, 5.41) is 0. The third-order valence-corrected chi connectivity index (χ3v) is 5.87. The van der Waals surface area contributed by atoms with Crippen LogP contribution in [0.15, 0.2) is 29.4 Å². The van der Waals surface area contributed by atoms with Gasteiger partial charge < -0.3 is 0 Å². The Labute approximate surface area is 150 Å². The molecule has 0 saturated heterocycles. The van der Waals surface area contributed by atoms with Gasteiger partial charge in [-0.25, -0.2) is 0 Å². The Balaban J connectivity index is 2.68. The summed E-state index contributed by atoms with van der Waals surface area (Å²) >= 11 is 0. The number of hydrogen-bond acceptors (Lipinski definition) is 0. The van der Waals surface area contributed by atoms with Gasteiger partial charge in [0.15, 0.2) is 0 Å². The molecule has 0 bridgehead atoms. The lowest BCUT2D eigenvalue weighted by molar-refractivity contribution is 0.289. The van der Waals surface area contributed by atoms with Gasteiger partial charge in [-0.05, 0) is 84.3 Å². The minimum atomic E-state index is 0.179. The van der Waals surface area contributed by atoms with Crippen molar-refractivity contribution < 1.29 is 0 Å². The molecule has 132 valence electrons. The lowest BCUT2D eigenvalue weighted by atomic mass is 9.71. The predicted octanol–water partition coefficient (Wildman–Crippen LogP) is 7.39. The first-order chi connectivity index (χ1) is 10.8. The second kappa shape index (κ2) is 6.21. The molecule has 0 spiro atoms. The molecule has 0 amide bonds. The second-order valence-electron chi connectivity index (χ2n) is 9.88. The summed E-state index contributed by atoms with van der Waals surface area (Å²) in [6.45, 7) is 23.2. The fourth-order valence-electron chi connectivity index (χ4n) is 3.52. The molecule has 1 aromatic rings. The van der Waals surface area contributed by atoms with Crippen molar-refractivity contribution in [3.63, 3.8) is 0 Å². The Hall–Kier alpha value is -1.30. The Morgan fingerprint density at radius 1 is 0.875 bits per heavy atom. The third kappa shape index (κ3) is 3.68. The van der Waals surface area contributed by atoms with Gasteiger partial charge in [0.05, 0.1) is 0 Å². The van der Waals surface area contributed by atoms with Gasteiger partial charge in [0, 0.05) is 0 Å². The largest absolute Gasteiger partial charge is 0.0724 e. The first kappa shape index (κ1) is 19.0. The van der Waals surface area contributed by atoms with E-state index in [2.05, 4.69) is 87.4 Å². The number of benzene rings is 1. The van der Waals surface area contributed by atoms with Crippen LogP contribution in [-0.2, 0) is 5.41 Å². The van der Waals surface area contributed by atoms with Gasteiger partial charge >= 0.3 is 0 Å². The molecule has 0 radical (unpaired) electrons. The Morgan fingerprint density at radius 3 is 1.96 bits per heavy atom. The van der Waals surface area contributed by atoms with Crippen LogP contribution in [0.5, 0.6) is 0 Å². The Kier molecular flexibility index (Phi) is 4.92. The molecule has 0 nitrogen and oxygen atoms in total. The van der Waals surface area contributed by atoms with Crippen molar-refractivity contribution >= 4 is 5.57 Å². The molecule has 1 aliphatic carbocycles. The van der Waals surface area contributed by atoms with Crippen LogP contribution < -0.4 is 0 Å². The molecule has 0 saturated carbocycles. The molecule has 2 rings (SSSR count). The zero-order chi connectivity index (χ0) is 18.4. The number of rotatable bonds is 1. The molecular formula is C24H36. The van der Waals surface area contributed by atoms with Crippen molar-refractivity contribution in [2.75, 3.05) is 0 Å². The maximum absolute atomic E-state index is 2.55. The quantitative estimate of drug-likeness (QED) is 0.505. The minimum Gasteiger partial charge on any atom is -0.0724 e. The van der Waals surface area contributed by atoms with Crippen LogP contribution in [0.4, 0.5) is 0 Å². The van der Waals surface area contributed by atoms with E-state index in [-0.39, 0.29) is 5.41 Å². The first-order valence-electron chi connectivity index (χ1n) is 9.33. The molecule has 0 unspecified atom stereocenters. The summed E-state index contributed by atoms with van der Waals surface area (Å²) < 4.78 is 0. The lowest BCUT2D eigenvalue weighted by Crippen LogP contribution is -2.22. The van der Waals surface area contributed by atoms with Gasteiger partial charge in [-0.1, -0.05) is 65.3 Å². The van der Waals surface area contributed by atoms with E-state index < -0.39 is 0 Å². The Morgan fingerprint density at radius 2 is 1.46 bits per heavy atom. The molecule has 1 atom stereocenters. The lowest BCUT2D eigenvalue weighted by Gasteiger charge is -2.34. The molecule has 24 heavy (non-hydrogen) atoms. The highest BCUT2D eigenvalue weighted by Crippen LogP contribution is 2.43. The van der Waals surface area contributed by atoms with Gasteiger partial charge in [0.2, 0.25) is 0 Å². The molecule has 1 aromatic carbocycles. The molecule has 1 aliphatic rings. The van der Waals surface area contributed by atoms with Crippen molar-refractivity contribution in [3.8, 4) is 0 Å². The molecular weight excluding hydrogens is 288 g/mol. The van der Waals surface area contributed by atoms with E-state index in [1.54, 1.807) is 5.57 Å². The maximum atomic E-state index is 2.55. The average Bonchev–Trinajstić information content (AvgIpc) is 2.42. The first-order valence-corrected chi connectivity index (χ1v) is 9.33. The summed E-state index contributed by atoms with van der Waals surface area (Å²) in [7, 11) is 0. The van der Waals surface area contributed by atoms with Crippen molar-refractivity contribution in [2.45, 2.75) is 81.1 Å². The van der Waals surface area contributed by atoms with Crippen molar-refractivity contribution in [1.29, 1.82) is 0 Å². The fourth-order valence-corrected chi connectivity index (χ4v) is 3.52. The van der Waals surface area contributed by atoms with Crippen LogP contribution in [-0.4, -0.2) is 0 Å². The van der Waals surface area contributed by atoms with Crippen LogP contribution >= 0.6 is 0 Å². The number of aryl methyl sites for hydroxylation is 1. The van der Waals surface area contributed by atoms with Gasteiger partial charge in [0.1, 0.15) is 0 Å². The molecule has 0 aliphatic heterocycles. The van der Waals surface area contributed by atoms with Crippen LogP contribution in [0.1, 0.15) is 84.1 Å². The van der Waals surface area contributed by atoms with E-state index in [1.807, 2.05) is 0 Å². The summed E-state index contributed by atoms with van der Waals surface area (Å²) in [5.74, 6) is 0.606. The smallest absolute Gasteiger partial charge is 0.0132 e. The number of allylic oxidation sites excluding steroid dienone is 4. The zero-order valence-electron chi connectivity index (χ0n) is 17.5. The normalized spacial score (nSPS) is 19.6. The third-order valence-electron chi connectivity index (χ3n) is 5.87. The van der Waals surface area contributed by atoms with Crippen LogP contribution in [0.3, 0.4) is 0 Å². The SMILES string of the molecule is CC1=C(C)C(c2cc(C(C)(C)C)cc(C)c2C)=C[C@H](C(C)(C)C)C1. The average molecular weight is 325 g/mol. The monoisotopic (exact) mass is 324 g/mol. The fraction of sp³-hybridized carbons (Fsp3) is 0.583. The highest BCUT2D eigenvalue weighted by Gasteiger charge is 2.28. The summed E-state index contributed by atoms with van der Waals surface area (Å²) in [4.78, 5) is 0. The van der Waals surface area contributed by atoms with Crippen molar-refractivity contribution in [1.82, 2.24) is 0 Å². The molecule has 0 fully saturated rings. The Bertz CT molecular complexity index is 697. The summed E-state index contributed by atoms with van der Waals surface area (Å²) in [6.07, 6.45) is 3.74. The molecule has 0 N–H and O–H groups in total. The van der Waals surface area contributed by atoms with E-state index in [0.717, 1.165) is 0 Å². The number of hydrogen-bond donors (Lipinski definition) is 0. The highest BCUT2D eigenvalue weighted by molar-refractivity contribution is 5.83. The highest BCUT2D eigenvalue weighted by atomic mass is 14.3. The summed E-state index contributed by atoms with van der Waals surface area (Å²) in [5.41, 5.74) is 10.7. The van der Waals surface area contributed by atoms with E-state index in [1.165, 1.54) is 39.8 Å². The van der Waals surface area contributed by atoms with Gasteiger partial charge in [-0.15, -0.1) is 0 Å². The second-order valence-corrected chi connectivity index (χ2v) is 9.88. The van der Waals surface area contributed by atoms with Crippen molar-refractivity contribution in [3.05, 3.63) is 51.6 Å². The van der Waals surface area contributed by atoms with E-state index in [0.29, 0.717) is 11.3 Å². The van der Waals surface area contributed by atoms with E-state index >= 15 is 0 Å².